The van der Waals surface area contributed by atoms with Gasteiger partial charge in [-0.3, -0.25) is 9.36 Å². The number of hydrogen-bond acceptors (Lipinski definition) is 4. The summed E-state index contributed by atoms with van der Waals surface area (Å²) in [5, 5.41) is 15.7. The molecule has 0 saturated heterocycles. The molecule has 8 heteroatoms. The van der Waals surface area contributed by atoms with Crippen LogP contribution in [0.25, 0.3) is 16.6 Å². The summed E-state index contributed by atoms with van der Waals surface area (Å²) in [4.78, 5) is 29.7. The average molecular weight is 423 g/mol. The third-order valence-electron chi connectivity index (χ3n) is 5.70. The van der Waals surface area contributed by atoms with Crippen molar-refractivity contribution in [3.8, 4) is 11.6 Å². The van der Waals surface area contributed by atoms with Gasteiger partial charge >= 0.3 is 5.69 Å². The second-order valence-corrected chi connectivity index (χ2v) is 7.83. The van der Waals surface area contributed by atoms with Crippen LogP contribution in [0.2, 0.25) is 5.02 Å². The van der Waals surface area contributed by atoms with E-state index in [1.54, 1.807) is 24.3 Å². The maximum absolute atomic E-state index is 13.5. The summed E-state index contributed by atoms with van der Waals surface area (Å²) < 4.78 is 2.15. The lowest BCUT2D eigenvalue weighted by atomic mass is 9.95. The van der Waals surface area contributed by atoms with Gasteiger partial charge < -0.3 is 15.4 Å². The quantitative estimate of drug-likeness (QED) is 0.463. The number of aromatic amines is 1. The first kappa shape index (κ1) is 18.7. The standard InChI is InChI=1S/C22H19ClN4O3/c1-26-20(28)17(21(29)27(22(26)30)13-8-6-12(23)7-9-13)19-18-15(10-11-24-19)14-4-2-3-5-16(14)25-18/h2-9,19,24-25,28H,10-11H2,1H3/t19-/m0/s1. The van der Waals surface area contributed by atoms with Gasteiger partial charge in [0.2, 0.25) is 5.88 Å². The molecule has 0 unspecified atom stereocenters. The van der Waals surface area contributed by atoms with Crippen molar-refractivity contribution in [2.75, 3.05) is 6.54 Å². The van der Waals surface area contributed by atoms with E-state index in [0.29, 0.717) is 17.3 Å². The highest BCUT2D eigenvalue weighted by Crippen LogP contribution is 2.34. The SMILES string of the molecule is Cn1c(O)c([C@@H]2NCCc3c2[nH]c2ccccc32)c(=O)n(-c2ccc(Cl)cc2)c1=O. The molecule has 5 rings (SSSR count). The van der Waals surface area contributed by atoms with Gasteiger partial charge in [0, 0.05) is 35.2 Å². The van der Waals surface area contributed by atoms with Crippen LogP contribution in [-0.4, -0.2) is 25.8 Å². The van der Waals surface area contributed by atoms with Crippen LogP contribution in [-0.2, 0) is 13.5 Å². The van der Waals surface area contributed by atoms with Crippen molar-refractivity contribution in [2.45, 2.75) is 12.5 Å². The van der Waals surface area contributed by atoms with Crippen LogP contribution >= 0.6 is 11.6 Å². The third-order valence-corrected chi connectivity index (χ3v) is 5.95. The Bertz CT molecular complexity index is 1400. The minimum atomic E-state index is -0.628. The molecule has 0 spiro atoms. The fraction of sp³-hybridized carbons (Fsp3) is 0.182. The number of nitrogens with one attached hydrogen (secondary N) is 2. The van der Waals surface area contributed by atoms with Crippen molar-refractivity contribution < 1.29 is 5.11 Å². The molecule has 0 aliphatic carbocycles. The topological polar surface area (TPSA) is 92.0 Å². The van der Waals surface area contributed by atoms with Crippen molar-refractivity contribution in [2.24, 2.45) is 7.05 Å². The maximum Gasteiger partial charge on any atom is 0.338 e. The van der Waals surface area contributed by atoms with Gasteiger partial charge in [-0.1, -0.05) is 29.8 Å². The molecule has 1 aliphatic rings. The van der Waals surface area contributed by atoms with E-state index in [9.17, 15) is 14.7 Å². The number of hydrogen-bond donors (Lipinski definition) is 3. The fourth-order valence-electron chi connectivity index (χ4n) is 4.22. The summed E-state index contributed by atoms with van der Waals surface area (Å²) in [6.45, 7) is 0.641. The lowest BCUT2D eigenvalue weighted by Crippen LogP contribution is -2.43. The smallest absolute Gasteiger partial charge is 0.338 e. The molecule has 3 heterocycles. The Morgan fingerprint density at radius 1 is 1.10 bits per heavy atom. The number of H-pyrrole nitrogens is 1. The summed E-state index contributed by atoms with van der Waals surface area (Å²) in [5.41, 5.74) is 2.23. The van der Waals surface area contributed by atoms with E-state index in [-0.39, 0.29) is 11.4 Å². The molecule has 0 saturated carbocycles. The van der Waals surface area contributed by atoms with Gasteiger partial charge in [-0.15, -0.1) is 0 Å². The highest BCUT2D eigenvalue weighted by atomic mass is 35.5. The largest absolute Gasteiger partial charge is 0.494 e. The molecule has 0 fully saturated rings. The Labute approximate surface area is 176 Å². The monoisotopic (exact) mass is 422 g/mol. The number of benzene rings is 2. The van der Waals surface area contributed by atoms with Crippen LogP contribution < -0.4 is 16.6 Å². The normalized spacial score (nSPS) is 16.0. The van der Waals surface area contributed by atoms with Gasteiger partial charge in [-0.2, -0.15) is 0 Å². The van der Waals surface area contributed by atoms with E-state index in [1.807, 2.05) is 24.3 Å². The Hall–Kier alpha value is -3.29. The van der Waals surface area contributed by atoms with Crippen LogP contribution in [0.3, 0.4) is 0 Å². The van der Waals surface area contributed by atoms with Crippen molar-refractivity contribution >= 4 is 22.5 Å². The van der Waals surface area contributed by atoms with Crippen LogP contribution in [0, 0.1) is 0 Å². The molecule has 0 bridgehead atoms. The first-order valence-electron chi connectivity index (χ1n) is 9.61. The summed E-state index contributed by atoms with van der Waals surface area (Å²) in [7, 11) is 1.45. The summed E-state index contributed by atoms with van der Waals surface area (Å²) in [6.07, 6.45) is 0.799. The van der Waals surface area contributed by atoms with Gasteiger partial charge in [0.15, 0.2) is 0 Å². The molecule has 0 radical (unpaired) electrons. The molecule has 2 aromatic heterocycles. The summed E-state index contributed by atoms with van der Waals surface area (Å²) >= 11 is 5.96. The third kappa shape index (κ3) is 2.70. The number of nitrogens with zero attached hydrogens (tertiary/aromatic N) is 2. The average Bonchev–Trinajstić information content (AvgIpc) is 3.13. The lowest BCUT2D eigenvalue weighted by molar-refractivity contribution is 0.394. The lowest BCUT2D eigenvalue weighted by Gasteiger charge is -2.26. The van der Waals surface area contributed by atoms with E-state index in [2.05, 4.69) is 10.3 Å². The van der Waals surface area contributed by atoms with E-state index in [0.717, 1.165) is 37.7 Å². The number of para-hydroxylation sites is 1. The Kier molecular flexibility index (Phi) is 4.30. The van der Waals surface area contributed by atoms with Crippen molar-refractivity contribution in [3.63, 3.8) is 0 Å². The second-order valence-electron chi connectivity index (χ2n) is 7.40. The number of rotatable bonds is 2. The van der Waals surface area contributed by atoms with E-state index in [4.69, 9.17) is 11.6 Å². The van der Waals surface area contributed by atoms with Gasteiger partial charge in [-0.25, -0.2) is 9.36 Å². The molecule has 1 aliphatic heterocycles. The zero-order valence-corrected chi connectivity index (χ0v) is 16.9. The van der Waals surface area contributed by atoms with E-state index < -0.39 is 17.3 Å². The molecule has 152 valence electrons. The number of aromatic hydroxyl groups is 1. The molecule has 4 aromatic rings. The van der Waals surface area contributed by atoms with Gasteiger partial charge in [0.05, 0.1) is 11.7 Å². The van der Waals surface area contributed by atoms with Crippen LogP contribution in [0.5, 0.6) is 5.88 Å². The van der Waals surface area contributed by atoms with Crippen LogP contribution in [0.1, 0.15) is 22.9 Å². The molecule has 0 amide bonds. The Morgan fingerprint density at radius 3 is 2.60 bits per heavy atom. The molecular weight excluding hydrogens is 404 g/mol. The fourth-order valence-corrected chi connectivity index (χ4v) is 4.35. The first-order valence-corrected chi connectivity index (χ1v) is 9.99. The zero-order chi connectivity index (χ0) is 21.0. The highest BCUT2D eigenvalue weighted by molar-refractivity contribution is 6.30. The van der Waals surface area contributed by atoms with Crippen LogP contribution in [0.4, 0.5) is 0 Å². The zero-order valence-electron chi connectivity index (χ0n) is 16.1. The summed E-state index contributed by atoms with van der Waals surface area (Å²) in [6, 6.07) is 13.8. The second kappa shape index (κ2) is 6.90. The number of halogens is 1. The molecule has 3 N–H and O–H groups in total. The van der Waals surface area contributed by atoms with Crippen molar-refractivity contribution in [3.05, 3.63) is 91.2 Å². The predicted octanol–water partition coefficient (Wildman–Crippen LogP) is 2.61. The van der Waals surface area contributed by atoms with Gasteiger partial charge in [0.1, 0.15) is 5.56 Å². The van der Waals surface area contributed by atoms with Crippen molar-refractivity contribution in [1.82, 2.24) is 19.4 Å². The minimum absolute atomic E-state index is 0.125. The first-order chi connectivity index (χ1) is 14.5. The number of fused-ring (bicyclic) bond motifs is 3. The Balaban J connectivity index is 1.78. The minimum Gasteiger partial charge on any atom is -0.494 e. The molecule has 30 heavy (non-hydrogen) atoms. The van der Waals surface area contributed by atoms with E-state index >= 15 is 0 Å². The van der Waals surface area contributed by atoms with Crippen molar-refractivity contribution in [1.29, 1.82) is 0 Å². The maximum atomic E-state index is 13.5. The summed E-state index contributed by atoms with van der Waals surface area (Å²) in [5.74, 6) is -0.348. The van der Waals surface area contributed by atoms with Gasteiger partial charge in [0.25, 0.3) is 5.56 Å². The molecule has 1 atom stereocenters. The Morgan fingerprint density at radius 2 is 1.83 bits per heavy atom. The predicted molar refractivity (Wildman–Crippen MR) is 116 cm³/mol. The molecule has 7 nitrogen and oxygen atoms in total. The number of aromatic nitrogens is 3. The van der Waals surface area contributed by atoms with Crippen LogP contribution in [0.15, 0.2) is 58.1 Å². The van der Waals surface area contributed by atoms with Gasteiger partial charge in [-0.05, 0) is 42.3 Å². The molecular formula is C22H19ClN4O3. The molecule has 2 aromatic carbocycles. The highest BCUT2D eigenvalue weighted by Gasteiger charge is 2.32. The van der Waals surface area contributed by atoms with E-state index in [1.165, 1.54) is 7.05 Å².